The third kappa shape index (κ3) is 4.12. The monoisotopic (exact) mass is 403 g/mol. The van der Waals surface area contributed by atoms with Gasteiger partial charge in [-0.25, -0.2) is 0 Å². The van der Waals surface area contributed by atoms with Crippen LogP contribution in [0.1, 0.15) is 42.1 Å². The van der Waals surface area contributed by atoms with Crippen LogP contribution in [-0.2, 0) is 21.3 Å². The molecule has 0 aromatic heterocycles. The lowest BCUT2D eigenvalue weighted by Gasteiger charge is -2.32. The Bertz CT molecular complexity index is 909. The summed E-state index contributed by atoms with van der Waals surface area (Å²) < 4.78 is 38.3. The number of amides is 2. The van der Waals surface area contributed by atoms with Crippen LogP contribution in [0.2, 0.25) is 0 Å². The van der Waals surface area contributed by atoms with Gasteiger partial charge in [-0.05, 0) is 36.1 Å². The fourth-order valence-electron chi connectivity index (χ4n) is 3.61. The second-order valence-corrected chi connectivity index (χ2v) is 7.48. The Morgan fingerprint density at radius 1 is 1.03 bits per heavy atom. The summed E-state index contributed by atoms with van der Waals surface area (Å²) in [5.74, 6) is -0.574. The highest BCUT2D eigenvalue weighted by Crippen LogP contribution is 2.46. The molecular formula is C21H20F3N3O2. The van der Waals surface area contributed by atoms with E-state index in [9.17, 15) is 22.8 Å². The number of hydrogen-bond acceptors (Lipinski definition) is 3. The first-order chi connectivity index (χ1) is 13.8. The predicted molar refractivity (Wildman–Crippen MR) is 99.4 cm³/mol. The molecule has 152 valence electrons. The van der Waals surface area contributed by atoms with Crippen molar-refractivity contribution >= 4 is 11.8 Å². The molecule has 2 atom stereocenters. The highest BCUT2D eigenvalue weighted by Gasteiger charge is 2.47. The van der Waals surface area contributed by atoms with Crippen LogP contribution in [0.4, 0.5) is 13.2 Å². The molecular weight excluding hydrogens is 383 g/mol. The first kappa shape index (κ1) is 19.4. The van der Waals surface area contributed by atoms with Crippen LogP contribution in [0, 0.1) is 0 Å². The molecule has 1 aliphatic heterocycles. The first-order valence-electron chi connectivity index (χ1n) is 9.37. The molecule has 1 aliphatic carbocycles. The van der Waals surface area contributed by atoms with Crippen LogP contribution in [0.5, 0.6) is 0 Å². The number of carbonyl (C=O) groups excluding carboxylic acids is 2. The van der Waals surface area contributed by atoms with E-state index in [1.54, 1.807) is 0 Å². The summed E-state index contributed by atoms with van der Waals surface area (Å²) in [6.07, 6.45) is -3.59. The standard InChI is InChI=1S/C21H20F3N3O2/c22-21(23,24)15-8-6-14(7-9-15)20(10-11-20)27-19(29)16-12-17(28)26-18(25-16)13-4-2-1-3-5-13/h1-9,16,18,25H,10-12H2,(H,26,28)(H,27,29). The Kier molecular flexibility index (Phi) is 4.82. The number of carbonyl (C=O) groups is 2. The smallest absolute Gasteiger partial charge is 0.345 e. The van der Waals surface area contributed by atoms with Crippen molar-refractivity contribution in [2.45, 2.75) is 43.2 Å². The van der Waals surface area contributed by atoms with Gasteiger partial charge >= 0.3 is 6.18 Å². The van der Waals surface area contributed by atoms with E-state index in [-0.39, 0.29) is 18.2 Å². The summed E-state index contributed by atoms with van der Waals surface area (Å²) in [5, 5.41) is 8.89. The van der Waals surface area contributed by atoms with Crippen LogP contribution in [0.25, 0.3) is 0 Å². The Labute approximate surface area is 165 Å². The Balaban J connectivity index is 1.46. The average Bonchev–Trinajstić information content (AvgIpc) is 3.48. The van der Waals surface area contributed by atoms with Crippen molar-refractivity contribution in [2.75, 3.05) is 0 Å². The fourth-order valence-corrected chi connectivity index (χ4v) is 3.61. The van der Waals surface area contributed by atoms with Gasteiger partial charge in [0.25, 0.3) is 0 Å². The first-order valence-corrected chi connectivity index (χ1v) is 9.37. The zero-order valence-electron chi connectivity index (χ0n) is 15.4. The van der Waals surface area contributed by atoms with E-state index in [0.29, 0.717) is 18.4 Å². The molecule has 1 heterocycles. The molecule has 0 bridgehead atoms. The van der Waals surface area contributed by atoms with Gasteiger partial charge in [0.15, 0.2) is 0 Å². The molecule has 2 aliphatic rings. The van der Waals surface area contributed by atoms with Gasteiger partial charge in [0.1, 0.15) is 6.17 Å². The van der Waals surface area contributed by atoms with Crippen molar-refractivity contribution in [3.05, 3.63) is 71.3 Å². The number of halogens is 3. The van der Waals surface area contributed by atoms with Gasteiger partial charge in [0.05, 0.1) is 23.6 Å². The lowest BCUT2D eigenvalue weighted by Crippen LogP contribution is -2.57. The topological polar surface area (TPSA) is 70.2 Å². The maximum atomic E-state index is 12.8. The quantitative estimate of drug-likeness (QED) is 0.735. The van der Waals surface area contributed by atoms with Gasteiger partial charge in [-0.3, -0.25) is 14.9 Å². The average molecular weight is 403 g/mol. The Morgan fingerprint density at radius 2 is 1.69 bits per heavy atom. The molecule has 1 saturated heterocycles. The number of benzene rings is 2. The summed E-state index contributed by atoms with van der Waals surface area (Å²) in [6, 6.07) is 13.4. The van der Waals surface area contributed by atoms with Crippen LogP contribution >= 0.6 is 0 Å². The summed E-state index contributed by atoms with van der Waals surface area (Å²) in [7, 11) is 0. The summed E-state index contributed by atoms with van der Waals surface area (Å²) >= 11 is 0. The molecule has 5 nitrogen and oxygen atoms in total. The predicted octanol–water partition coefficient (Wildman–Crippen LogP) is 2.99. The number of rotatable bonds is 4. The minimum atomic E-state index is -4.40. The maximum absolute atomic E-state index is 12.8. The van der Waals surface area contributed by atoms with Crippen LogP contribution in [-0.4, -0.2) is 17.9 Å². The zero-order chi connectivity index (χ0) is 20.6. The molecule has 4 rings (SSSR count). The van der Waals surface area contributed by atoms with Gasteiger partial charge in [-0.1, -0.05) is 42.5 Å². The lowest BCUT2D eigenvalue weighted by atomic mass is 10.0. The van der Waals surface area contributed by atoms with Gasteiger partial charge in [0, 0.05) is 0 Å². The van der Waals surface area contributed by atoms with E-state index < -0.39 is 29.5 Å². The van der Waals surface area contributed by atoms with E-state index in [1.807, 2.05) is 30.3 Å². The molecule has 0 radical (unpaired) electrons. The molecule has 1 saturated carbocycles. The minimum absolute atomic E-state index is 0.00173. The summed E-state index contributed by atoms with van der Waals surface area (Å²) in [6.45, 7) is 0. The number of nitrogens with one attached hydrogen (secondary N) is 3. The normalized spacial score (nSPS) is 23.2. The van der Waals surface area contributed by atoms with Gasteiger partial charge < -0.3 is 10.6 Å². The van der Waals surface area contributed by atoms with Crippen molar-refractivity contribution in [3.63, 3.8) is 0 Å². The molecule has 8 heteroatoms. The number of hydrogen-bond donors (Lipinski definition) is 3. The molecule has 2 aromatic rings. The number of alkyl halides is 3. The largest absolute Gasteiger partial charge is 0.416 e. The van der Waals surface area contributed by atoms with Gasteiger partial charge in [-0.2, -0.15) is 13.2 Å². The molecule has 29 heavy (non-hydrogen) atoms. The van der Waals surface area contributed by atoms with Crippen LogP contribution in [0.3, 0.4) is 0 Å². The zero-order valence-corrected chi connectivity index (χ0v) is 15.4. The van der Waals surface area contributed by atoms with Crippen molar-refractivity contribution in [3.8, 4) is 0 Å². The summed E-state index contributed by atoms with van der Waals surface area (Å²) in [5.41, 5.74) is 0.0830. The van der Waals surface area contributed by atoms with Crippen LogP contribution in [0.15, 0.2) is 54.6 Å². The highest BCUT2D eigenvalue weighted by atomic mass is 19.4. The van der Waals surface area contributed by atoms with E-state index >= 15 is 0 Å². The molecule has 2 fully saturated rings. The van der Waals surface area contributed by atoms with E-state index in [2.05, 4.69) is 16.0 Å². The van der Waals surface area contributed by atoms with E-state index in [1.165, 1.54) is 12.1 Å². The van der Waals surface area contributed by atoms with Crippen molar-refractivity contribution in [1.82, 2.24) is 16.0 Å². The third-order valence-corrected chi connectivity index (χ3v) is 5.39. The van der Waals surface area contributed by atoms with E-state index in [0.717, 1.165) is 17.7 Å². The van der Waals surface area contributed by atoms with E-state index in [4.69, 9.17) is 0 Å². The minimum Gasteiger partial charge on any atom is -0.345 e. The van der Waals surface area contributed by atoms with Crippen molar-refractivity contribution in [2.24, 2.45) is 0 Å². The Morgan fingerprint density at radius 3 is 2.28 bits per heavy atom. The van der Waals surface area contributed by atoms with Crippen LogP contribution < -0.4 is 16.0 Å². The van der Waals surface area contributed by atoms with Crippen molar-refractivity contribution in [1.29, 1.82) is 0 Å². The summed E-state index contributed by atoms with van der Waals surface area (Å²) in [4.78, 5) is 24.9. The molecule has 2 unspecified atom stereocenters. The maximum Gasteiger partial charge on any atom is 0.416 e. The second-order valence-electron chi connectivity index (χ2n) is 7.48. The highest BCUT2D eigenvalue weighted by molar-refractivity contribution is 5.90. The molecule has 2 amide bonds. The van der Waals surface area contributed by atoms with Gasteiger partial charge in [0.2, 0.25) is 11.8 Å². The van der Waals surface area contributed by atoms with Gasteiger partial charge in [-0.15, -0.1) is 0 Å². The third-order valence-electron chi connectivity index (χ3n) is 5.39. The SMILES string of the molecule is O=C1CC(C(=O)NC2(c3ccc(C(F)(F)F)cc3)CC2)NC(c2ccccc2)N1. The molecule has 2 aromatic carbocycles. The molecule has 0 spiro atoms. The lowest BCUT2D eigenvalue weighted by molar-refractivity contribution is -0.137. The molecule has 3 N–H and O–H groups in total. The second kappa shape index (κ2) is 7.18. The fraction of sp³-hybridized carbons (Fsp3) is 0.333. The van der Waals surface area contributed by atoms with Crippen molar-refractivity contribution < 1.29 is 22.8 Å². The Hall–Kier alpha value is -2.87.